The van der Waals surface area contributed by atoms with Crippen LogP contribution in [0.25, 0.3) is 11.0 Å². The maximum atomic E-state index is 11.9. The minimum absolute atomic E-state index is 0.0227. The van der Waals surface area contributed by atoms with Crippen LogP contribution in [-0.2, 0) is 4.79 Å². The number of H-pyrrole nitrogens is 1. The standard InChI is InChI=1S/C10H11N5OS/c16-10(8-4-17-5-11-8)12-6-2-1-3-7-9(6)14-15-13-7/h1-3,8,11H,4-5H2,(H,12,16)(H,13,14,15). The number of carbonyl (C=O) groups is 1. The number of rotatable bonds is 2. The molecule has 1 aromatic heterocycles. The van der Waals surface area contributed by atoms with Gasteiger partial charge in [0.1, 0.15) is 11.0 Å². The van der Waals surface area contributed by atoms with Gasteiger partial charge in [0.05, 0.1) is 11.7 Å². The summed E-state index contributed by atoms with van der Waals surface area (Å²) < 4.78 is 0. The van der Waals surface area contributed by atoms with Gasteiger partial charge in [0, 0.05) is 11.6 Å². The molecule has 2 aromatic rings. The zero-order valence-corrected chi connectivity index (χ0v) is 9.75. The number of benzene rings is 1. The molecule has 0 spiro atoms. The molecule has 0 radical (unpaired) electrons. The monoisotopic (exact) mass is 249 g/mol. The molecule has 3 N–H and O–H groups in total. The number of nitrogens with one attached hydrogen (secondary N) is 3. The molecule has 88 valence electrons. The second kappa shape index (κ2) is 4.34. The molecule has 7 heteroatoms. The lowest BCUT2D eigenvalue weighted by atomic mass is 10.2. The summed E-state index contributed by atoms with van der Waals surface area (Å²) in [5, 5.41) is 16.6. The van der Waals surface area contributed by atoms with Crippen LogP contribution in [0.5, 0.6) is 0 Å². The maximum Gasteiger partial charge on any atom is 0.242 e. The van der Waals surface area contributed by atoms with E-state index >= 15 is 0 Å². The number of hydrogen-bond acceptors (Lipinski definition) is 5. The Bertz CT molecular complexity index is 548. The molecule has 0 saturated carbocycles. The number of anilines is 1. The lowest BCUT2D eigenvalue weighted by molar-refractivity contribution is -0.117. The number of para-hydroxylation sites is 1. The van der Waals surface area contributed by atoms with E-state index in [1.165, 1.54) is 0 Å². The van der Waals surface area contributed by atoms with Gasteiger partial charge >= 0.3 is 0 Å². The van der Waals surface area contributed by atoms with E-state index in [-0.39, 0.29) is 11.9 Å². The van der Waals surface area contributed by atoms with E-state index < -0.39 is 0 Å². The second-order valence-electron chi connectivity index (χ2n) is 3.76. The van der Waals surface area contributed by atoms with E-state index in [0.717, 1.165) is 17.1 Å². The quantitative estimate of drug-likeness (QED) is 0.724. The Morgan fingerprint density at radius 3 is 3.24 bits per heavy atom. The molecular formula is C10H11N5OS. The van der Waals surface area contributed by atoms with Crippen molar-refractivity contribution in [2.75, 3.05) is 16.9 Å². The van der Waals surface area contributed by atoms with E-state index in [4.69, 9.17) is 0 Å². The van der Waals surface area contributed by atoms with Gasteiger partial charge in [-0.15, -0.1) is 11.8 Å². The van der Waals surface area contributed by atoms with Crippen LogP contribution in [0.2, 0.25) is 0 Å². The molecule has 2 heterocycles. The van der Waals surface area contributed by atoms with Crippen molar-refractivity contribution in [3.63, 3.8) is 0 Å². The van der Waals surface area contributed by atoms with Gasteiger partial charge in [0.25, 0.3) is 0 Å². The predicted octanol–water partition coefficient (Wildman–Crippen LogP) is 0.559. The van der Waals surface area contributed by atoms with Crippen molar-refractivity contribution >= 4 is 34.4 Å². The van der Waals surface area contributed by atoms with Gasteiger partial charge in [-0.25, -0.2) is 0 Å². The first-order valence-corrected chi connectivity index (χ1v) is 6.41. The summed E-state index contributed by atoms with van der Waals surface area (Å²) in [6.45, 7) is 0. The number of fused-ring (bicyclic) bond motifs is 1. The molecule has 1 aliphatic heterocycles. The highest BCUT2D eigenvalue weighted by Crippen LogP contribution is 2.19. The molecular weight excluding hydrogens is 238 g/mol. The molecule has 0 aliphatic carbocycles. The molecule has 17 heavy (non-hydrogen) atoms. The highest BCUT2D eigenvalue weighted by atomic mass is 32.2. The van der Waals surface area contributed by atoms with Gasteiger partial charge in [0.2, 0.25) is 5.91 Å². The summed E-state index contributed by atoms with van der Waals surface area (Å²) in [6, 6.07) is 5.39. The highest BCUT2D eigenvalue weighted by Gasteiger charge is 2.23. The zero-order chi connectivity index (χ0) is 11.7. The average molecular weight is 249 g/mol. The van der Waals surface area contributed by atoms with Crippen LogP contribution in [0, 0.1) is 0 Å². The smallest absolute Gasteiger partial charge is 0.242 e. The van der Waals surface area contributed by atoms with Crippen molar-refractivity contribution < 1.29 is 4.79 Å². The summed E-state index contributed by atoms with van der Waals surface area (Å²) in [6.07, 6.45) is 0. The number of aromatic amines is 1. The third kappa shape index (κ3) is 1.98. The molecule has 1 amide bonds. The van der Waals surface area contributed by atoms with E-state index in [9.17, 15) is 4.79 Å². The SMILES string of the molecule is O=C(Nc1cccc2n[nH]nc12)C1CSCN1. The minimum atomic E-state index is -0.123. The first-order chi connectivity index (χ1) is 8.34. The van der Waals surface area contributed by atoms with Crippen molar-refractivity contribution in [3.05, 3.63) is 18.2 Å². The summed E-state index contributed by atoms with van der Waals surface area (Å²) in [7, 11) is 0. The Morgan fingerprint density at radius 1 is 1.47 bits per heavy atom. The number of amides is 1. The highest BCUT2D eigenvalue weighted by molar-refractivity contribution is 7.99. The first kappa shape index (κ1) is 10.5. The largest absolute Gasteiger partial charge is 0.323 e. The van der Waals surface area contributed by atoms with Crippen LogP contribution < -0.4 is 10.6 Å². The van der Waals surface area contributed by atoms with Gasteiger partial charge in [-0.2, -0.15) is 15.4 Å². The van der Waals surface area contributed by atoms with Crippen molar-refractivity contribution in [1.82, 2.24) is 20.7 Å². The average Bonchev–Trinajstić information content (AvgIpc) is 3.00. The second-order valence-corrected chi connectivity index (χ2v) is 4.79. The Hall–Kier alpha value is -1.60. The Morgan fingerprint density at radius 2 is 2.41 bits per heavy atom. The number of nitrogens with zero attached hydrogens (tertiary/aromatic N) is 2. The van der Waals surface area contributed by atoms with Gasteiger partial charge in [-0.1, -0.05) is 6.07 Å². The molecule has 1 atom stereocenters. The van der Waals surface area contributed by atoms with Crippen LogP contribution in [-0.4, -0.2) is 39.0 Å². The van der Waals surface area contributed by atoms with Gasteiger partial charge in [0.15, 0.2) is 0 Å². The Labute approximate surface area is 102 Å². The summed E-state index contributed by atoms with van der Waals surface area (Å²) >= 11 is 1.72. The number of aromatic nitrogens is 3. The fraction of sp³-hybridized carbons (Fsp3) is 0.300. The minimum Gasteiger partial charge on any atom is -0.323 e. The summed E-state index contributed by atoms with van der Waals surface area (Å²) in [5.74, 6) is 1.61. The van der Waals surface area contributed by atoms with E-state index in [0.29, 0.717) is 11.2 Å². The van der Waals surface area contributed by atoms with Crippen LogP contribution in [0.15, 0.2) is 18.2 Å². The third-order valence-corrected chi connectivity index (χ3v) is 3.58. The molecule has 1 aliphatic rings. The van der Waals surface area contributed by atoms with Crippen LogP contribution in [0.4, 0.5) is 5.69 Å². The number of thioether (sulfide) groups is 1. The first-order valence-electron chi connectivity index (χ1n) is 5.26. The van der Waals surface area contributed by atoms with Crippen molar-refractivity contribution in [3.8, 4) is 0 Å². The topological polar surface area (TPSA) is 82.7 Å². The van der Waals surface area contributed by atoms with Crippen LogP contribution >= 0.6 is 11.8 Å². The Kier molecular flexibility index (Phi) is 2.69. The normalized spacial score (nSPS) is 19.6. The molecule has 3 rings (SSSR count). The van der Waals surface area contributed by atoms with Crippen LogP contribution in [0.1, 0.15) is 0 Å². The lowest BCUT2D eigenvalue weighted by Gasteiger charge is -2.10. The molecule has 1 fully saturated rings. The maximum absolute atomic E-state index is 11.9. The van der Waals surface area contributed by atoms with Crippen molar-refractivity contribution in [2.45, 2.75) is 6.04 Å². The molecule has 0 bridgehead atoms. The molecule has 1 unspecified atom stereocenters. The molecule has 1 aromatic carbocycles. The van der Waals surface area contributed by atoms with Crippen molar-refractivity contribution in [2.24, 2.45) is 0 Å². The van der Waals surface area contributed by atoms with Gasteiger partial charge in [-0.05, 0) is 12.1 Å². The van der Waals surface area contributed by atoms with E-state index in [2.05, 4.69) is 26.0 Å². The summed E-state index contributed by atoms with van der Waals surface area (Å²) in [5.41, 5.74) is 2.13. The van der Waals surface area contributed by atoms with E-state index in [1.54, 1.807) is 11.8 Å². The molecule has 6 nitrogen and oxygen atoms in total. The lowest BCUT2D eigenvalue weighted by Crippen LogP contribution is -2.37. The number of hydrogen-bond donors (Lipinski definition) is 3. The van der Waals surface area contributed by atoms with Crippen LogP contribution in [0.3, 0.4) is 0 Å². The van der Waals surface area contributed by atoms with E-state index in [1.807, 2.05) is 18.2 Å². The van der Waals surface area contributed by atoms with Gasteiger partial charge in [-0.3, -0.25) is 10.1 Å². The Balaban J connectivity index is 1.84. The third-order valence-electron chi connectivity index (χ3n) is 2.64. The van der Waals surface area contributed by atoms with Gasteiger partial charge < -0.3 is 5.32 Å². The fourth-order valence-corrected chi connectivity index (χ4v) is 2.69. The fourth-order valence-electron chi connectivity index (χ4n) is 1.75. The number of carbonyl (C=O) groups excluding carboxylic acids is 1. The molecule has 1 saturated heterocycles. The zero-order valence-electron chi connectivity index (χ0n) is 8.93. The predicted molar refractivity (Wildman–Crippen MR) is 66.8 cm³/mol. The summed E-state index contributed by atoms with van der Waals surface area (Å²) in [4.78, 5) is 11.9. The van der Waals surface area contributed by atoms with Crippen molar-refractivity contribution in [1.29, 1.82) is 0 Å².